The number of hydrogen-bond donors (Lipinski definition) is 3. The Morgan fingerprint density at radius 1 is 1.28 bits per heavy atom. The summed E-state index contributed by atoms with van der Waals surface area (Å²) in [5.74, 6) is 0.245. The monoisotopic (exact) mass is 255 g/mol. The second-order valence-corrected chi connectivity index (χ2v) is 5.37. The smallest absolute Gasteiger partial charge is 0.242 e. The number of hydrogen-bond acceptors (Lipinski definition) is 3. The zero-order valence-corrected chi connectivity index (χ0v) is 11.6. The largest absolute Gasteiger partial charge is 0.352 e. The van der Waals surface area contributed by atoms with Crippen molar-refractivity contribution < 1.29 is 9.59 Å². The molecule has 18 heavy (non-hydrogen) atoms. The van der Waals surface area contributed by atoms with Crippen molar-refractivity contribution in [3.8, 4) is 0 Å². The van der Waals surface area contributed by atoms with Crippen molar-refractivity contribution in [2.45, 2.75) is 52.1 Å². The predicted molar refractivity (Wildman–Crippen MR) is 71.1 cm³/mol. The molecular weight excluding hydrogens is 230 g/mol. The van der Waals surface area contributed by atoms with Gasteiger partial charge in [-0.25, -0.2) is 0 Å². The molecule has 1 fully saturated rings. The van der Waals surface area contributed by atoms with Crippen molar-refractivity contribution >= 4 is 11.8 Å². The third kappa shape index (κ3) is 5.49. The van der Waals surface area contributed by atoms with Crippen molar-refractivity contribution in [3.05, 3.63) is 0 Å². The van der Waals surface area contributed by atoms with Gasteiger partial charge in [0.05, 0.1) is 0 Å². The molecule has 1 heterocycles. The van der Waals surface area contributed by atoms with Crippen molar-refractivity contribution in [1.29, 1.82) is 0 Å². The fourth-order valence-corrected chi connectivity index (χ4v) is 2.14. The summed E-state index contributed by atoms with van der Waals surface area (Å²) in [5.41, 5.74) is 0. The van der Waals surface area contributed by atoms with E-state index < -0.39 is 6.04 Å². The molecule has 0 aromatic heterocycles. The Morgan fingerprint density at radius 2 is 2.00 bits per heavy atom. The molecule has 0 spiro atoms. The Hall–Kier alpha value is -1.10. The van der Waals surface area contributed by atoms with Crippen LogP contribution in [-0.4, -0.2) is 37.0 Å². The molecule has 3 N–H and O–H groups in total. The van der Waals surface area contributed by atoms with E-state index in [-0.39, 0.29) is 17.9 Å². The Balaban J connectivity index is 2.27. The third-order valence-corrected chi connectivity index (χ3v) is 3.07. The van der Waals surface area contributed by atoms with Gasteiger partial charge in [0.2, 0.25) is 11.8 Å². The van der Waals surface area contributed by atoms with E-state index in [1.54, 1.807) is 6.92 Å². The predicted octanol–water partition coefficient (Wildman–Crippen LogP) is 0.405. The summed E-state index contributed by atoms with van der Waals surface area (Å²) in [6, 6.07) is -0.365. The molecule has 2 unspecified atom stereocenters. The quantitative estimate of drug-likeness (QED) is 0.666. The molecule has 1 rings (SSSR count). The summed E-state index contributed by atoms with van der Waals surface area (Å²) in [6.07, 6.45) is 2.72. The summed E-state index contributed by atoms with van der Waals surface area (Å²) in [6.45, 7) is 7.47. The third-order valence-electron chi connectivity index (χ3n) is 3.07. The van der Waals surface area contributed by atoms with Crippen LogP contribution in [0.5, 0.6) is 0 Å². The highest BCUT2D eigenvalue weighted by Crippen LogP contribution is 2.13. The van der Waals surface area contributed by atoms with Crippen LogP contribution in [0, 0.1) is 5.92 Å². The van der Waals surface area contributed by atoms with Crippen LogP contribution in [0.1, 0.15) is 40.0 Å². The van der Waals surface area contributed by atoms with Crippen LogP contribution in [0.15, 0.2) is 0 Å². The topological polar surface area (TPSA) is 70.2 Å². The molecule has 0 radical (unpaired) electrons. The molecule has 0 aromatic rings. The maximum absolute atomic E-state index is 11.8. The van der Waals surface area contributed by atoms with E-state index in [0.29, 0.717) is 12.3 Å². The van der Waals surface area contributed by atoms with E-state index in [1.165, 1.54) is 0 Å². The normalized spacial score (nSPS) is 21.4. The van der Waals surface area contributed by atoms with Crippen LogP contribution < -0.4 is 16.0 Å². The fraction of sp³-hybridized carbons (Fsp3) is 0.846. The first-order chi connectivity index (χ1) is 8.49. The molecule has 0 saturated carbocycles. The van der Waals surface area contributed by atoms with E-state index in [9.17, 15) is 9.59 Å². The lowest BCUT2D eigenvalue weighted by Crippen LogP contribution is -2.47. The van der Waals surface area contributed by atoms with Crippen LogP contribution in [0.4, 0.5) is 0 Å². The van der Waals surface area contributed by atoms with Crippen molar-refractivity contribution in [2.75, 3.05) is 13.1 Å². The van der Waals surface area contributed by atoms with E-state index >= 15 is 0 Å². The van der Waals surface area contributed by atoms with Crippen molar-refractivity contribution in [2.24, 2.45) is 5.92 Å². The molecule has 1 aliphatic rings. The van der Waals surface area contributed by atoms with Crippen molar-refractivity contribution in [3.63, 3.8) is 0 Å². The lowest BCUT2D eigenvalue weighted by molar-refractivity contribution is -0.129. The van der Waals surface area contributed by atoms with Gasteiger partial charge in [0.1, 0.15) is 6.04 Å². The van der Waals surface area contributed by atoms with E-state index in [0.717, 1.165) is 25.9 Å². The molecule has 104 valence electrons. The van der Waals surface area contributed by atoms with E-state index in [4.69, 9.17) is 0 Å². The van der Waals surface area contributed by atoms with Gasteiger partial charge in [0.25, 0.3) is 0 Å². The molecule has 2 atom stereocenters. The summed E-state index contributed by atoms with van der Waals surface area (Å²) < 4.78 is 0. The molecule has 5 heteroatoms. The SMILES string of the molecule is CC(C)NC(=O)C(C)NC(=O)CC1CCCNC1. The summed E-state index contributed by atoms with van der Waals surface area (Å²) in [5, 5.41) is 8.82. The number of piperidine rings is 1. The highest BCUT2D eigenvalue weighted by Gasteiger charge is 2.20. The van der Waals surface area contributed by atoms with Crippen LogP contribution >= 0.6 is 0 Å². The second-order valence-electron chi connectivity index (χ2n) is 5.37. The minimum Gasteiger partial charge on any atom is -0.352 e. The fourth-order valence-electron chi connectivity index (χ4n) is 2.14. The van der Waals surface area contributed by atoms with Crippen LogP contribution in [0.2, 0.25) is 0 Å². The van der Waals surface area contributed by atoms with E-state index in [2.05, 4.69) is 16.0 Å². The molecule has 0 bridgehead atoms. The average molecular weight is 255 g/mol. The van der Waals surface area contributed by atoms with E-state index in [1.807, 2.05) is 13.8 Å². The molecule has 1 saturated heterocycles. The van der Waals surface area contributed by atoms with Crippen molar-refractivity contribution in [1.82, 2.24) is 16.0 Å². The number of carbonyl (C=O) groups excluding carboxylic acids is 2. The number of carbonyl (C=O) groups is 2. The lowest BCUT2D eigenvalue weighted by Gasteiger charge is -2.23. The minimum atomic E-state index is -0.462. The zero-order chi connectivity index (χ0) is 13.5. The summed E-state index contributed by atoms with van der Waals surface area (Å²) >= 11 is 0. The van der Waals surface area contributed by atoms with Gasteiger partial charge in [-0.1, -0.05) is 0 Å². The van der Waals surface area contributed by atoms with Gasteiger partial charge in [-0.3, -0.25) is 9.59 Å². The number of amides is 2. The van der Waals surface area contributed by atoms with Gasteiger partial charge in [-0.2, -0.15) is 0 Å². The average Bonchev–Trinajstić information content (AvgIpc) is 2.29. The maximum Gasteiger partial charge on any atom is 0.242 e. The van der Waals surface area contributed by atoms with Crippen LogP contribution in [0.25, 0.3) is 0 Å². The maximum atomic E-state index is 11.8. The van der Waals surface area contributed by atoms with Gasteiger partial charge in [0, 0.05) is 12.5 Å². The molecule has 0 aliphatic carbocycles. The molecule has 1 aliphatic heterocycles. The Bertz CT molecular complexity index is 286. The highest BCUT2D eigenvalue weighted by molar-refractivity contribution is 5.87. The van der Waals surface area contributed by atoms with Gasteiger partial charge in [-0.05, 0) is 52.6 Å². The first kappa shape index (κ1) is 15.0. The van der Waals surface area contributed by atoms with Crippen LogP contribution in [0.3, 0.4) is 0 Å². The first-order valence-corrected chi connectivity index (χ1v) is 6.79. The van der Waals surface area contributed by atoms with Gasteiger partial charge >= 0.3 is 0 Å². The Kier molecular flexibility index (Phi) is 6.12. The number of nitrogens with one attached hydrogen (secondary N) is 3. The second kappa shape index (κ2) is 7.36. The Morgan fingerprint density at radius 3 is 2.56 bits per heavy atom. The highest BCUT2D eigenvalue weighted by atomic mass is 16.2. The Labute approximate surface area is 109 Å². The van der Waals surface area contributed by atoms with Gasteiger partial charge in [-0.15, -0.1) is 0 Å². The van der Waals surface area contributed by atoms with Gasteiger partial charge < -0.3 is 16.0 Å². The summed E-state index contributed by atoms with van der Waals surface area (Å²) in [7, 11) is 0. The minimum absolute atomic E-state index is 0.0323. The lowest BCUT2D eigenvalue weighted by atomic mass is 9.96. The molecule has 0 aromatic carbocycles. The molecule has 5 nitrogen and oxygen atoms in total. The molecular formula is C13H25N3O2. The summed E-state index contributed by atoms with van der Waals surface area (Å²) in [4.78, 5) is 23.4. The molecule has 2 amide bonds. The van der Waals surface area contributed by atoms with Crippen LogP contribution in [-0.2, 0) is 9.59 Å². The standard InChI is InChI=1S/C13H25N3O2/c1-9(2)15-13(18)10(3)16-12(17)7-11-5-4-6-14-8-11/h9-11,14H,4-8H2,1-3H3,(H,15,18)(H,16,17). The number of rotatable bonds is 5. The first-order valence-electron chi connectivity index (χ1n) is 6.79. The zero-order valence-electron chi connectivity index (χ0n) is 11.6. The van der Waals surface area contributed by atoms with Gasteiger partial charge in [0.15, 0.2) is 0 Å².